The van der Waals surface area contributed by atoms with Crippen molar-refractivity contribution in [2.45, 2.75) is 18.9 Å². The van der Waals surface area contributed by atoms with Gasteiger partial charge in [0.2, 0.25) is 5.91 Å². The zero-order valence-corrected chi connectivity index (χ0v) is 12.5. The van der Waals surface area contributed by atoms with Crippen molar-refractivity contribution in [3.05, 3.63) is 47.5 Å². The van der Waals surface area contributed by atoms with Gasteiger partial charge in [-0.25, -0.2) is 0 Å². The monoisotopic (exact) mass is 315 g/mol. The maximum atomic E-state index is 12.1. The minimum atomic E-state index is -0.0278. The summed E-state index contributed by atoms with van der Waals surface area (Å²) in [6.07, 6.45) is 2.02. The summed E-state index contributed by atoms with van der Waals surface area (Å²) in [6, 6.07) is 7.56. The molecule has 1 aliphatic rings. The second-order valence-electron chi connectivity index (χ2n) is 5.19. The number of furan rings is 1. The fraction of sp³-hybridized carbons (Fsp3) is 0.267. The molecule has 0 saturated carbocycles. The number of nitrogens with zero attached hydrogens (tertiary/aromatic N) is 3. The molecule has 0 radical (unpaired) electrons. The molecular weight excluding hydrogens is 302 g/mol. The fourth-order valence-corrected chi connectivity index (χ4v) is 3.23. The van der Waals surface area contributed by atoms with Crippen molar-refractivity contribution < 1.29 is 13.7 Å². The van der Waals surface area contributed by atoms with Gasteiger partial charge in [-0.3, -0.25) is 4.79 Å². The summed E-state index contributed by atoms with van der Waals surface area (Å²) >= 11 is 1.55. The first kappa shape index (κ1) is 13.3. The number of hydrogen-bond donors (Lipinski definition) is 0. The van der Waals surface area contributed by atoms with Crippen molar-refractivity contribution in [2.24, 2.45) is 0 Å². The predicted octanol–water partition coefficient (Wildman–Crippen LogP) is 2.91. The molecule has 1 fully saturated rings. The van der Waals surface area contributed by atoms with E-state index in [2.05, 4.69) is 10.1 Å². The van der Waals surface area contributed by atoms with Crippen LogP contribution in [-0.2, 0) is 11.3 Å². The molecule has 7 heteroatoms. The Morgan fingerprint density at radius 2 is 2.32 bits per heavy atom. The van der Waals surface area contributed by atoms with Crippen LogP contribution in [0.3, 0.4) is 0 Å². The molecule has 4 heterocycles. The quantitative estimate of drug-likeness (QED) is 0.740. The fourth-order valence-electron chi connectivity index (χ4n) is 2.59. The third-order valence-electron chi connectivity index (χ3n) is 3.68. The van der Waals surface area contributed by atoms with Crippen molar-refractivity contribution in [1.29, 1.82) is 0 Å². The van der Waals surface area contributed by atoms with E-state index >= 15 is 0 Å². The highest BCUT2D eigenvalue weighted by Crippen LogP contribution is 2.30. The van der Waals surface area contributed by atoms with E-state index in [1.807, 2.05) is 29.6 Å². The van der Waals surface area contributed by atoms with Crippen LogP contribution in [0.4, 0.5) is 0 Å². The first-order chi connectivity index (χ1) is 10.8. The minimum Gasteiger partial charge on any atom is -0.467 e. The van der Waals surface area contributed by atoms with Gasteiger partial charge in [0.05, 0.1) is 17.7 Å². The van der Waals surface area contributed by atoms with E-state index in [1.54, 1.807) is 22.5 Å². The summed E-state index contributed by atoms with van der Waals surface area (Å²) in [6.45, 7) is 1.07. The summed E-state index contributed by atoms with van der Waals surface area (Å²) in [4.78, 5) is 19.3. The summed E-state index contributed by atoms with van der Waals surface area (Å²) < 4.78 is 10.6. The molecule has 22 heavy (non-hydrogen) atoms. The third kappa shape index (κ3) is 2.43. The normalized spacial score (nSPS) is 18.3. The Hall–Kier alpha value is -2.41. The predicted molar refractivity (Wildman–Crippen MR) is 79.1 cm³/mol. The molecule has 6 nitrogen and oxygen atoms in total. The summed E-state index contributed by atoms with van der Waals surface area (Å²) in [7, 11) is 0. The molecule has 1 saturated heterocycles. The van der Waals surface area contributed by atoms with Crippen LogP contribution in [0, 0.1) is 0 Å². The van der Waals surface area contributed by atoms with Crippen molar-refractivity contribution in [2.75, 3.05) is 6.54 Å². The number of aromatic nitrogens is 2. The molecule has 3 aromatic heterocycles. The summed E-state index contributed by atoms with van der Waals surface area (Å²) in [5, 5.41) is 6.00. The van der Waals surface area contributed by atoms with Crippen LogP contribution in [0.5, 0.6) is 0 Å². The van der Waals surface area contributed by atoms with E-state index in [0.29, 0.717) is 31.2 Å². The second-order valence-corrected chi connectivity index (χ2v) is 6.14. The Morgan fingerprint density at radius 3 is 3.09 bits per heavy atom. The van der Waals surface area contributed by atoms with Gasteiger partial charge in [0.15, 0.2) is 5.82 Å². The lowest BCUT2D eigenvalue weighted by Gasteiger charge is -2.13. The van der Waals surface area contributed by atoms with Gasteiger partial charge in [0, 0.05) is 18.9 Å². The Labute approximate surface area is 130 Å². The SMILES string of the molecule is O=C1CC(c2noc(-c3cccs3)n2)CN1Cc1ccco1. The van der Waals surface area contributed by atoms with E-state index < -0.39 is 0 Å². The third-order valence-corrected chi connectivity index (χ3v) is 4.54. The van der Waals surface area contributed by atoms with E-state index in [0.717, 1.165) is 10.6 Å². The maximum absolute atomic E-state index is 12.1. The van der Waals surface area contributed by atoms with E-state index in [4.69, 9.17) is 8.94 Å². The van der Waals surface area contributed by atoms with Gasteiger partial charge in [-0.15, -0.1) is 11.3 Å². The molecule has 0 aromatic carbocycles. The van der Waals surface area contributed by atoms with Crippen LogP contribution < -0.4 is 0 Å². The lowest BCUT2D eigenvalue weighted by Crippen LogP contribution is -2.24. The molecule has 1 atom stereocenters. The molecule has 0 aliphatic carbocycles. The topological polar surface area (TPSA) is 72.4 Å². The van der Waals surface area contributed by atoms with Gasteiger partial charge in [-0.1, -0.05) is 11.2 Å². The van der Waals surface area contributed by atoms with Crippen LogP contribution in [0.1, 0.15) is 23.9 Å². The molecule has 0 N–H and O–H groups in total. The second kappa shape index (κ2) is 5.42. The number of carbonyl (C=O) groups excluding carboxylic acids is 1. The van der Waals surface area contributed by atoms with Gasteiger partial charge in [-0.05, 0) is 23.6 Å². The molecule has 1 unspecified atom stereocenters. The Balaban J connectivity index is 1.49. The highest BCUT2D eigenvalue weighted by molar-refractivity contribution is 7.13. The Bertz CT molecular complexity index is 764. The Kier molecular flexibility index (Phi) is 3.27. The zero-order chi connectivity index (χ0) is 14.9. The highest BCUT2D eigenvalue weighted by atomic mass is 32.1. The van der Waals surface area contributed by atoms with E-state index in [9.17, 15) is 4.79 Å². The maximum Gasteiger partial charge on any atom is 0.267 e. The summed E-state index contributed by atoms with van der Waals surface area (Å²) in [5.41, 5.74) is 0. The lowest BCUT2D eigenvalue weighted by molar-refractivity contribution is -0.128. The van der Waals surface area contributed by atoms with Crippen LogP contribution in [0.15, 0.2) is 44.8 Å². The first-order valence-corrected chi connectivity index (χ1v) is 7.85. The number of amides is 1. The average molecular weight is 315 g/mol. The number of hydrogen-bond acceptors (Lipinski definition) is 6. The zero-order valence-electron chi connectivity index (χ0n) is 11.6. The number of carbonyl (C=O) groups is 1. The van der Waals surface area contributed by atoms with Gasteiger partial charge < -0.3 is 13.8 Å². The van der Waals surface area contributed by atoms with Crippen molar-refractivity contribution in [3.63, 3.8) is 0 Å². The molecular formula is C15H13N3O3S. The van der Waals surface area contributed by atoms with Crippen molar-refractivity contribution >= 4 is 17.2 Å². The number of rotatable bonds is 4. The lowest BCUT2D eigenvalue weighted by atomic mass is 10.1. The Morgan fingerprint density at radius 1 is 1.36 bits per heavy atom. The smallest absolute Gasteiger partial charge is 0.267 e. The first-order valence-electron chi connectivity index (χ1n) is 6.97. The highest BCUT2D eigenvalue weighted by Gasteiger charge is 2.34. The minimum absolute atomic E-state index is 0.0278. The molecule has 4 rings (SSSR count). The molecule has 0 spiro atoms. The van der Waals surface area contributed by atoms with E-state index in [1.165, 1.54) is 0 Å². The van der Waals surface area contributed by atoms with Crippen LogP contribution in [0.25, 0.3) is 10.8 Å². The molecule has 0 bridgehead atoms. The van der Waals surface area contributed by atoms with Crippen LogP contribution in [0.2, 0.25) is 0 Å². The standard InChI is InChI=1S/C15H13N3O3S/c19-13-7-10(8-18(13)9-11-3-1-5-20-11)14-16-15(21-17-14)12-4-2-6-22-12/h1-6,10H,7-9H2. The molecule has 1 aliphatic heterocycles. The van der Waals surface area contributed by atoms with E-state index in [-0.39, 0.29) is 11.8 Å². The number of thiophene rings is 1. The average Bonchev–Trinajstić information content (AvgIpc) is 3.27. The molecule has 1 amide bonds. The van der Waals surface area contributed by atoms with Gasteiger partial charge in [-0.2, -0.15) is 4.98 Å². The van der Waals surface area contributed by atoms with Gasteiger partial charge in [0.1, 0.15) is 5.76 Å². The van der Waals surface area contributed by atoms with Gasteiger partial charge in [0.25, 0.3) is 5.89 Å². The molecule has 3 aromatic rings. The van der Waals surface area contributed by atoms with Gasteiger partial charge >= 0.3 is 0 Å². The molecule has 112 valence electrons. The summed E-state index contributed by atoms with van der Waals surface area (Å²) in [5.74, 6) is 1.95. The van der Waals surface area contributed by atoms with Crippen molar-refractivity contribution in [3.8, 4) is 10.8 Å². The largest absolute Gasteiger partial charge is 0.467 e. The van der Waals surface area contributed by atoms with Crippen LogP contribution >= 0.6 is 11.3 Å². The van der Waals surface area contributed by atoms with Crippen molar-refractivity contribution in [1.82, 2.24) is 15.0 Å². The number of likely N-dealkylation sites (tertiary alicyclic amines) is 1. The van der Waals surface area contributed by atoms with Crippen LogP contribution in [-0.4, -0.2) is 27.5 Å².